The number of piperidine rings is 2. The molecule has 2 atom stereocenters. The fraction of sp³-hybridized carbons (Fsp3) is 0.565. The molecule has 9 heteroatoms. The number of nitrogens with one attached hydrogen (secondary N) is 1. The normalized spacial score (nSPS) is 28.2. The van der Waals surface area contributed by atoms with Crippen LogP contribution in [0.1, 0.15) is 64.8 Å². The van der Waals surface area contributed by atoms with Crippen molar-refractivity contribution in [3.05, 3.63) is 34.9 Å². The third-order valence-corrected chi connectivity index (χ3v) is 7.25. The number of amides is 4. The minimum Gasteiger partial charge on any atom is -0.375 e. The topological polar surface area (TPSA) is 122 Å². The molecule has 4 aliphatic heterocycles. The number of hydrogen-bond acceptors (Lipinski definition) is 7. The molecule has 4 aliphatic rings. The highest BCUT2D eigenvalue weighted by atomic mass is 16.5. The quantitative estimate of drug-likeness (QED) is 0.659. The zero-order chi connectivity index (χ0) is 22.5. The van der Waals surface area contributed by atoms with Gasteiger partial charge in [0.15, 0.2) is 0 Å². The molecule has 0 bridgehead atoms. The van der Waals surface area contributed by atoms with Crippen LogP contribution in [0.25, 0.3) is 0 Å². The highest BCUT2D eigenvalue weighted by Gasteiger charge is 2.46. The molecule has 0 aromatic heterocycles. The summed E-state index contributed by atoms with van der Waals surface area (Å²) in [4.78, 5) is 53.4. The van der Waals surface area contributed by atoms with E-state index in [9.17, 15) is 19.2 Å². The number of likely N-dealkylation sites (tertiary alicyclic amines) is 1. The molecule has 0 radical (unpaired) electrons. The van der Waals surface area contributed by atoms with E-state index in [-0.39, 0.29) is 30.4 Å². The van der Waals surface area contributed by atoms with Crippen LogP contribution in [0.15, 0.2) is 18.2 Å². The van der Waals surface area contributed by atoms with E-state index in [0.29, 0.717) is 24.3 Å². The number of fused-ring (bicyclic) bond motifs is 1. The van der Waals surface area contributed by atoms with E-state index in [2.05, 4.69) is 10.2 Å². The van der Waals surface area contributed by atoms with Gasteiger partial charge in [-0.25, -0.2) is 0 Å². The highest BCUT2D eigenvalue weighted by molar-refractivity contribution is 6.24. The van der Waals surface area contributed by atoms with E-state index in [4.69, 9.17) is 10.5 Å². The lowest BCUT2D eigenvalue weighted by atomic mass is 9.82. The standard InChI is InChI=1S/C23H28N4O5/c24-15-6-11-32-23(12-15)7-9-26(10-8-23)13-14-2-1-3-16-19(14)22(31)27(21(16)30)17-4-5-18(28)25-20(17)29/h1-3,15,17H,4-13,24H2,(H,25,28,29). The molecule has 1 aromatic rings. The molecule has 1 aromatic carbocycles. The summed E-state index contributed by atoms with van der Waals surface area (Å²) in [7, 11) is 0. The zero-order valence-corrected chi connectivity index (χ0v) is 18.0. The van der Waals surface area contributed by atoms with Crippen LogP contribution in [-0.4, -0.2) is 70.8 Å². The molecule has 170 valence electrons. The van der Waals surface area contributed by atoms with Crippen molar-refractivity contribution in [1.29, 1.82) is 0 Å². The van der Waals surface area contributed by atoms with Gasteiger partial charge in [-0.2, -0.15) is 0 Å². The van der Waals surface area contributed by atoms with E-state index < -0.39 is 23.8 Å². The minimum absolute atomic E-state index is 0.109. The highest BCUT2D eigenvalue weighted by Crippen LogP contribution is 2.36. The zero-order valence-electron chi connectivity index (χ0n) is 18.0. The Morgan fingerprint density at radius 2 is 1.88 bits per heavy atom. The average molecular weight is 441 g/mol. The fourth-order valence-electron chi connectivity index (χ4n) is 5.49. The van der Waals surface area contributed by atoms with Gasteiger partial charge in [0.1, 0.15) is 6.04 Å². The Balaban J connectivity index is 1.32. The first-order chi connectivity index (χ1) is 15.4. The lowest BCUT2D eigenvalue weighted by molar-refractivity contribution is -0.136. The van der Waals surface area contributed by atoms with Gasteiger partial charge in [-0.3, -0.25) is 34.3 Å². The first-order valence-corrected chi connectivity index (χ1v) is 11.3. The Kier molecular flexibility index (Phi) is 5.35. The van der Waals surface area contributed by atoms with E-state index in [1.807, 2.05) is 6.07 Å². The summed E-state index contributed by atoms with van der Waals surface area (Å²) in [6.07, 6.45) is 3.84. The van der Waals surface area contributed by atoms with Crippen LogP contribution in [0.3, 0.4) is 0 Å². The summed E-state index contributed by atoms with van der Waals surface area (Å²) in [6, 6.07) is 4.52. The van der Waals surface area contributed by atoms with Crippen molar-refractivity contribution in [3.63, 3.8) is 0 Å². The molecular weight excluding hydrogens is 412 g/mol. The van der Waals surface area contributed by atoms with E-state index in [0.717, 1.165) is 49.2 Å². The largest absolute Gasteiger partial charge is 0.375 e. The summed E-state index contributed by atoms with van der Waals surface area (Å²) in [6.45, 7) is 2.92. The van der Waals surface area contributed by atoms with Gasteiger partial charge in [0, 0.05) is 38.7 Å². The number of ether oxygens (including phenoxy) is 1. The van der Waals surface area contributed by atoms with Crippen LogP contribution in [0.2, 0.25) is 0 Å². The van der Waals surface area contributed by atoms with Crippen LogP contribution in [-0.2, 0) is 20.9 Å². The van der Waals surface area contributed by atoms with Gasteiger partial charge in [-0.05, 0) is 43.7 Å². The van der Waals surface area contributed by atoms with Crippen molar-refractivity contribution in [3.8, 4) is 0 Å². The number of hydrogen-bond donors (Lipinski definition) is 2. The van der Waals surface area contributed by atoms with E-state index in [1.165, 1.54) is 0 Å². The molecule has 5 rings (SSSR count). The summed E-state index contributed by atoms with van der Waals surface area (Å²) >= 11 is 0. The molecule has 2 unspecified atom stereocenters. The lowest BCUT2D eigenvalue weighted by Crippen LogP contribution is -2.54. The minimum atomic E-state index is -0.949. The Morgan fingerprint density at radius 1 is 1.09 bits per heavy atom. The van der Waals surface area contributed by atoms with Crippen molar-refractivity contribution in [2.75, 3.05) is 19.7 Å². The van der Waals surface area contributed by atoms with Crippen molar-refractivity contribution in [2.45, 2.75) is 62.8 Å². The number of carbonyl (C=O) groups is 4. The van der Waals surface area contributed by atoms with Gasteiger partial charge < -0.3 is 10.5 Å². The number of benzene rings is 1. The predicted molar refractivity (Wildman–Crippen MR) is 114 cm³/mol. The first kappa shape index (κ1) is 21.2. The SMILES string of the molecule is NC1CCOC2(CCN(Cc3cccc4c3C(=O)N(C3CCC(=O)NC3=O)C4=O)CC2)C1. The molecule has 4 amide bonds. The van der Waals surface area contributed by atoms with E-state index in [1.54, 1.807) is 12.1 Å². The molecule has 1 spiro atoms. The maximum Gasteiger partial charge on any atom is 0.262 e. The molecule has 4 heterocycles. The third-order valence-electron chi connectivity index (χ3n) is 7.25. The Morgan fingerprint density at radius 3 is 2.59 bits per heavy atom. The van der Waals surface area contributed by atoms with Gasteiger partial charge in [-0.1, -0.05) is 12.1 Å². The molecular formula is C23H28N4O5. The van der Waals surface area contributed by atoms with Gasteiger partial charge in [-0.15, -0.1) is 0 Å². The second kappa shape index (κ2) is 8.06. The van der Waals surface area contributed by atoms with Crippen molar-refractivity contribution < 1.29 is 23.9 Å². The average Bonchev–Trinajstić information content (AvgIpc) is 3.01. The van der Waals surface area contributed by atoms with Gasteiger partial charge >= 0.3 is 0 Å². The van der Waals surface area contributed by atoms with Crippen LogP contribution in [0, 0.1) is 0 Å². The number of nitrogens with zero attached hydrogens (tertiary/aromatic N) is 2. The van der Waals surface area contributed by atoms with Crippen LogP contribution >= 0.6 is 0 Å². The summed E-state index contributed by atoms with van der Waals surface area (Å²) in [5.74, 6) is -1.90. The van der Waals surface area contributed by atoms with Gasteiger partial charge in [0.25, 0.3) is 11.8 Å². The van der Waals surface area contributed by atoms with E-state index >= 15 is 0 Å². The Bertz CT molecular complexity index is 985. The number of nitrogens with two attached hydrogens (primary N) is 1. The summed E-state index contributed by atoms with van der Waals surface area (Å²) in [5, 5.41) is 2.23. The van der Waals surface area contributed by atoms with Gasteiger partial charge in [0.2, 0.25) is 11.8 Å². The van der Waals surface area contributed by atoms with Gasteiger partial charge in [0.05, 0.1) is 16.7 Å². The molecule has 32 heavy (non-hydrogen) atoms. The number of imide groups is 2. The molecule has 0 saturated carbocycles. The van der Waals surface area contributed by atoms with Crippen molar-refractivity contribution in [2.24, 2.45) is 5.73 Å². The first-order valence-electron chi connectivity index (χ1n) is 11.3. The third kappa shape index (κ3) is 3.64. The Labute approximate surface area is 186 Å². The summed E-state index contributed by atoms with van der Waals surface area (Å²) in [5.41, 5.74) is 7.51. The van der Waals surface area contributed by atoms with Crippen LogP contribution < -0.4 is 11.1 Å². The van der Waals surface area contributed by atoms with Crippen molar-refractivity contribution >= 4 is 23.6 Å². The fourth-order valence-corrected chi connectivity index (χ4v) is 5.49. The maximum atomic E-state index is 13.3. The van der Waals surface area contributed by atoms with Crippen molar-refractivity contribution in [1.82, 2.24) is 15.1 Å². The maximum absolute atomic E-state index is 13.3. The molecule has 0 aliphatic carbocycles. The second-order valence-corrected chi connectivity index (χ2v) is 9.35. The molecule has 9 nitrogen and oxygen atoms in total. The monoisotopic (exact) mass is 440 g/mol. The van der Waals surface area contributed by atoms with Crippen LogP contribution in [0.5, 0.6) is 0 Å². The summed E-state index contributed by atoms with van der Waals surface area (Å²) < 4.78 is 6.11. The molecule has 3 fully saturated rings. The molecule has 3 N–H and O–H groups in total. The second-order valence-electron chi connectivity index (χ2n) is 9.35. The predicted octanol–water partition coefficient (Wildman–Crippen LogP) is 0.560. The number of carbonyl (C=O) groups excluding carboxylic acids is 4. The van der Waals surface area contributed by atoms with Crippen LogP contribution in [0.4, 0.5) is 0 Å². The Hall–Kier alpha value is -2.62. The lowest BCUT2D eigenvalue weighted by Gasteiger charge is -2.45. The molecule has 3 saturated heterocycles. The smallest absolute Gasteiger partial charge is 0.262 e. The number of rotatable bonds is 3.